The van der Waals surface area contributed by atoms with Crippen LogP contribution in [0.25, 0.3) is 0 Å². The second-order valence-corrected chi connectivity index (χ2v) is 5.19. The van der Waals surface area contributed by atoms with E-state index in [4.69, 9.17) is 5.11 Å². The van der Waals surface area contributed by atoms with E-state index in [1.165, 1.54) is 15.6 Å². The van der Waals surface area contributed by atoms with E-state index in [1.807, 2.05) is 0 Å². The number of hydrogen-bond acceptors (Lipinski definition) is 2. The van der Waals surface area contributed by atoms with Crippen molar-refractivity contribution in [3.8, 4) is 0 Å². The molecule has 0 aliphatic carbocycles. The summed E-state index contributed by atoms with van der Waals surface area (Å²) in [6.45, 7) is 5.45. The summed E-state index contributed by atoms with van der Waals surface area (Å²) in [6.07, 6.45) is 0. The highest BCUT2D eigenvalue weighted by atomic mass is 79.9. The molecule has 1 aliphatic rings. The minimum atomic E-state index is 0.325. The highest BCUT2D eigenvalue weighted by Crippen LogP contribution is 2.23. The maximum atomic E-state index is 8.92. The molecule has 2 rings (SSSR count). The number of hydrogen-bond donors (Lipinski definition) is 1. The molecule has 1 aromatic rings. The standard InChI is InChI=1S/C12H16BrNO/c1-9-2-3-11(12(13)4-9)7-14-5-10(6-14)8-15/h2-4,10,15H,5-8H2,1H3. The molecule has 0 amide bonds. The number of benzene rings is 1. The lowest BCUT2D eigenvalue weighted by Gasteiger charge is -2.38. The number of halogens is 1. The van der Waals surface area contributed by atoms with Crippen molar-refractivity contribution in [3.63, 3.8) is 0 Å². The molecule has 1 fully saturated rings. The fourth-order valence-electron chi connectivity index (χ4n) is 1.94. The lowest BCUT2D eigenvalue weighted by atomic mass is 10.0. The Labute approximate surface area is 99.0 Å². The molecule has 0 radical (unpaired) electrons. The van der Waals surface area contributed by atoms with Crippen molar-refractivity contribution >= 4 is 15.9 Å². The maximum Gasteiger partial charge on any atom is 0.0483 e. The van der Waals surface area contributed by atoms with E-state index in [2.05, 4.69) is 46.0 Å². The van der Waals surface area contributed by atoms with E-state index >= 15 is 0 Å². The third kappa shape index (κ3) is 2.60. The van der Waals surface area contributed by atoms with E-state index in [1.54, 1.807) is 0 Å². The van der Waals surface area contributed by atoms with Crippen LogP contribution in [-0.2, 0) is 6.54 Å². The van der Waals surface area contributed by atoms with Gasteiger partial charge < -0.3 is 5.11 Å². The average molecular weight is 270 g/mol. The first-order chi connectivity index (χ1) is 7.19. The first-order valence-corrected chi connectivity index (χ1v) is 6.06. The van der Waals surface area contributed by atoms with Crippen molar-refractivity contribution in [3.05, 3.63) is 33.8 Å². The number of aryl methyl sites for hydroxylation is 1. The van der Waals surface area contributed by atoms with E-state index in [0.29, 0.717) is 12.5 Å². The highest BCUT2D eigenvalue weighted by molar-refractivity contribution is 9.10. The van der Waals surface area contributed by atoms with Gasteiger partial charge in [-0.05, 0) is 24.1 Å². The molecular weight excluding hydrogens is 254 g/mol. The van der Waals surface area contributed by atoms with Crippen LogP contribution in [0.2, 0.25) is 0 Å². The molecule has 2 nitrogen and oxygen atoms in total. The molecule has 1 N–H and O–H groups in total. The van der Waals surface area contributed by atoms with Gasteiger partial charge in [-0.3, -0.25) is 4.90 Å². The molecule has 0 aromatic heterocycles. The predicted octanol–water partition coefficient (Wildman–Crippen LogP) is 2.18. The maximum absolute atomic E-state index is 8.92. The first-order valence-electron chi connectivity index (χ1n) is 5.27. The molecule has 0 spiro atoms. The second kappa shape index (κ2) is 4.64. The number of aliphatic hydroxyl groups is 1. The van der Waals surface area contributed by atoms with Crippen LogP contribution in [-0.4, -0.2) is 29.7 Å². The molecule has 1 aromatic carbocycles. The molecule has 0 atom stereocenters. The summed E-state index contributed by atoms with van der Waals surface area (Å²) in [7, 11) is 0. The van der Waals surface area contributed by atoms with Crippen LogP contribution in [0.4, 0.5) is 0 Å². The van der Waals surface area contributed by atoms with Gasteiger partial charge in [0.1, 0.15) is 0 Å². The summed E-state index contributed by atoms with van der Waals surface area (Å²) in [6, 6.07) is 6.47. The molecule has 1 saturated heterocycles. The smallest absolute Gasteiger partial charge is 0.0483 e. The van der Waals surface area contributed by atoms with Crippen LogP contribution in [0.15, 0.2) is 22.7 Å². The largest absolute Gasteiger partial charge is 0.396 e. The topological polar surface area (TPSA) is 23.5 Å². The Hall–Kier alpha value is -0.380. The fraction of sp³-hybridized carbons (Fsp3) is 0.500. The Morgan fingerprint density at radius 3 is 2.80 bits per heavy atom. The molecule has 0 saturated carbocycles. The van der Waals surface area contributed by atoms with Crippen LogP contribution in [0.3, 0.4) is 0 Å². The summed E-state index contributed by atoms with van der Waals surface area (Å²) >= 11 is 3.59. The molecule has 1 aliphatic heterocycles. The Morgan fingerprint density at radius 1 is 1.47 bits per heavy atom. The summed E-state index contributed by atoms with van der Waals surface area (Å²) < 4.78 is 1.19. The Bertz CT molecular complexity index is 347. The SMILES string of the molecule is Cc1ccc(CN2CC(CO)C2)c(Br)c1. The summed E-state index contributed by atoms with van der Waals surface area (Å²) in [5, 5.41) is 8.92. The van der Waals surface area contributed by atoms with Crippen LogP contribution < -0.4 is 0 Å². The van der Waals surface area contributed by atoms with Crippen LogP contribution in [0.1, 0.15) is 11.1 Å². The van der Waals surface area contributed by atoms with Crippen molar-refractivity contribution < 1.29 is 5.11 Å². The van der Waals surface area contributed by atoms with Gasteiger partial charge in [0.2, 0.25) is 0 Å². The first kappa shape index (κ1) is 11.1. The van der Waals surface area contributed by atoms with Gasteiger partial charge in [-0.25, -0.2) is 0 Å². The van der Waals surface area contributed by atoms with Crippen LogP contribution in [0.5, 0.6) is 0 Å². The van der Waals surface area contributed by atoms with E-state index in [-0.39, 0.29) is 0 Å². The van der Waals surface area contributed by atoms with E-state index < -0.39 is 0 Å². The zero-order valence-electron chi connectivity index (χ0n) is 8.91. The minimum absolute atomic E-state index is 0.325. The lowest BCUT2D eigenvalue weighted by Crippen LogP contribution is -2.47. The zero-order chi connectivity index (χ0) is 10.8. The number of rotatable bonds is 3. The Kier molecular flexibility index (Phi) is 3.44. The van der Waals surface area contributed by atoms with Gasteiger partial charge in [0.25, 0.3) is 0 Å². The molecule has 0 bridgehead atoms. The molecule has 0 unspecified atom stereocenters. The summed E-state index contributed by atoms with van der Waals surface area (Å²) in [5.41, 5.74) is 2.61. The van der Waals surface area contributed by atoms with E-state index in [9.17, 15) is 0 Å². The van der Waals surface area contributed by atoms with Crippen molar-refractivity contribution in [2.75, 3.05) is 19.7 Å². The third-order valence-electron chi connectivity index (χ3n) is 2.89. The van der Waals surface area contributed by atoms with Gasteiger partial charge in [-0.2, -0.15) is 0 Å². The monoisotopic (exact) mass is 269 g/mol. The van der Waals surface area contributed by atoms with Gasteiger partial charge >= 0.3 is 0 Å². The molecule has 3 heteroatoms. The second-order valence-electron chi connectivity index (χ2n) is 4.34. The zero-order valence-corrected chi connectivity index (χ0v) is 10.5. The lowest BCUT2D eigenvalue weighted by molar-refractivity contribution is 0.0478. The van der Waals surface area contributed by atoms with Crippen LogP contribution >= 0.6 is 15.9 Å². The molecule has 1 heterocycles. The number of likely N-dealkylation sites (tertiary alicyclic amines) is 1. The van der Waals surface area contributed by atoms with Gasteiger partial charge in [0.15, 0.2) is 0 Å². The summed E-state index contributed by atoms with van der Waals surface area (Å²) in [5.74, 6) is 0.495. The van der Waals surface area contributed by atoms with Crippen molar-refractivity contribution in [2.45, 2.75) is 13.5 Å². The van der Waals surface area contributed by atoms with Gasteiger partial charge in [0.05, 0.1) is 0 Å². The van der Waals surface area contributed by atoms with E-state index in [0.717, 1.165) is 19.6 Å². The molecule has 82 valence electrons. The normalized spacial score (nSPS) is 17.8. The highest BCUT2D eigenvalue weighted by Gasteiger charge is 2.25. The minimum Gasteiger partial charge on any atom is -0.396 e. The quantitative estimate of drug-likeness (QED) is 0.910. The fourth-order valence-corrected chi connectivity index (χ4v) is 2.56. The van der Waals surface area contributed by atoms with Crippen molar-refractivity contribution in [1.29, 1.82) is 0 Å². The molecule has 15 heavy (non-hydrogen) atoms. The van der Waals surface area contributed by atoms with Crippen molar-refractivity contribution in [2.24, 2.45) is 5.92 Å². The predicted molar refractivity (Wildman–Crippen MR) is 64.7 cm³/mol. The number of nitrogens with zero attached hydrogens (tertiary/aromatic N) is 1. The number of aliphatic hydroxyl groups excluding tert-OH is 1. The van der Waals surface area contributed by atoms with Gasteiger partial charge in [-0.15, -0.1) is 0 Å². The van der Waals surface area contributed by atoms with Crippen molar-refractivity contribution in [1.82, 2.24) is 4.90 Å². The Morgan fingerprint density at radius 2 is 2.20 bits per heavy atom. The van der Waals surface area contributed by atoms with Gasteiger partial charge in [0, 0.05) is 36.6 Å². The average Bonchev–Trinajstić information content (AvgIpc) is 2.13. The Balaban J connectivity index is 1.94. The van der Waals surface area contributed by atoms with Gasteiger partial charge in [-0.1, -0.05) is 28.1 Å². The van der Waals surface area contributed by atoms with Crippen LogP contribution in [0, 0.1) is 12.8 Å². The summed E-state index contributed by atoms with van der Waals surface area (Å²) in [4.78, 5) is 2.36. The third-order valence-corrected chi connectivity index (χ3v) is 3.63. The molecular formula is C12H16BrNO.